The van der Waals surface area contributed by atoms with Crippen LogP contribution in [0.3, 0.4) is 0 Å². The molecule has 0 spiro atoms. The lowest BCUT2D eigenvalue weighted by atomic mass is 10.0. The fraction of sp³-hybridized carbons (Fsp3) is 0.455. The lowest BCUT2D eigenvalue weighted by molar-refractivity contribution is 0.635. The van der Waals surface area contributed by atoms with Crippen LogP contribution in [0.2, 0.25) is 5.02 Å². The van der Waals surface area contributed by atoms with Gasteiger partial charge < -0.3 is 5.32 Å². The molecule has 1 aromatic carbocycles. The van der Waals surface area contributed by atoms with E-state index < -0.39 is 0 Å². The van der Waals surface area contributed by atoms with Crippen molar-refractivity contribution >= 4 is 11.6 Å². The molecule has 0 saturated heterocycles. The van der Waals surface area contributed by atoms with Crippen molar-refractivity contribution in [2.45, 2.75) is 19.8 Å². The highest BCUT2D eigenvalue weighted by atomic mass is 35.5. The summed E-state index contributed by atoms with van der Waals surface area (Å²) in [5, 5.41) is 4.18. The highest BCUT2D eigenvalue weighted by Crippen LogP contribution is 2.23. The van der Waals surface area contributed by atoms with Crippen molar-refractivity contribution in [1.82, 2.24) is 5.32 Å². The standard InChI is InChI=1S/C11H16ClN/c1-3-13-8-9(2)10-6-4-5-7-11(10)12/h4-7,9,13H,3,8H2,1-2H3. The zero-order chi connectivity index (χ0) is 9.68. The normalized spacial score (nSPS) is 12.8. The van der Waals surface area contributed by atoms with Crippen molar-refractivity contribution in [2.24, 2.45) is 0 Å². The second kappa shape index (κ2) is 5.25. The lowest BCUT2D eigenvalue weighted by Crippen LogP contribution is -2.19. The number of halogens is 1. The number of rotatable bonds is 4. The van der Waals surface area contributed by atoms with E-state index in [0.29, 0.717) is 5.92 Å². The molecule has 1 nitrogen and oxygen atoms in total. The van der Waals surface area contributed by atoms with Crippen LogP contribution in [0.15, 0.2) is 24.3 Å². The zero-order valence-corrected chi connectivity index (χ0v) is 8.93. The molecule has 1 rings (SSSR count). The van der Waals surface area contributed by atoms with E-state index in [0.717, 1.165) is 18.1 Å². The quantitative estimate of drug-likeness (QED) is 0.783. The van der Waals surface area contributed by atoms with E-state index in [1.54, 1.807) is 0 Å². The Hall–Kier alpha value is -0.530. The molecule has 0 radical (unpaired) electrons. The summed E-state index contributed by atoms with van der Waals surface area (Å²) in [6, 6.07) is 8.03. The maximum absolute atomic E-state index is 6.07. The van der Waals surface area contributed by atoms with Gasteiger partial charge in [-0.05, 0) is 24.1 Å². The Labute approximate surface area is 85.1 Å². The summed E-state index contributed by atoms with van der Waals surface area (Å²) in [5.41, 5.74) is 1.23. The van der Waals surface area contributed by atoms with E-state index in [4.69, 9.17) is 11.6 Å². The Kier molecular flexibility index (Phi) is 4.26. The van der Waals surface area contributed by atoms with Gasteiger partial charge in [0.25, 0.3) is 0 Å². The molecule has 1 unspecified atom stereocenters. The van der Waals surface area contributed by atoms with Gasteiger partial charge in [0.1, 0.15) is 0 Å². The van der Waals surface area contributed by atoms with Crippen LogP contribution >= 0.6 is 11.6 Å². The minimum atomic E-state index is 0.480. The Morgan fingerprint density at radius 2 is 2.08 bits per heavy atom. The number of nitrogens with one attached hydrogen (secondary N) is 1. The van der Waals surface area contributed by atoms with E-state index in [2.05, 4.69) is 25.2 Å². The first kappa shape index (κ1) is 10.6. The van der Waals surface area contributed by atoms with Gasteiger partial charge in [-0.25, -0.2) is 0 Å². The minimum absolute atomic E-state index is 0.480. The van der Waals surface area contributed by atoms with E-state index >= 15 is 0 Å². The average molecular weight is 198 g/mol. The van der Waals surface area contributed by atoms with Gasteiger partial charge in [0.15, 0.2) is 0 Å². The van der Waals surface area contributed by atoms with Gasteiger partial charge in [-0.3, -0.25) is 0 Å². The molecule has 13 heavy (non-hydrogen) atoms. The fourth-order valence-corrected chi connectivity index (χ4v) is 1.67. The van der Waals surface area contributed by atoms with Gasteiger partial charge in [0.05, 0.1) is 0 Å². The molecule has 1 N–H and O–H groups in total. The van der Waals surface area contributed by atoms with Crippen LogP contribution in [0.4, 0.5) is 0 Å². The summed E-state index contributed by atoms with van der Waals surface area (Å²) in [6.07, 6.45) is 0. The Balaban J connectivity index is 2.65. The predicted octanol–water partition coefficient (Wildman–Crippen LogP) is 3.05. The third-order valence-electron chi connectivity index (χ3n) is 2.14. The maximum atomic E-state index is 6.07. The van der Waals surface area contributed by atoms with Gasteiger partial charge in [-0.15, -0.1) is 0 Å². The third kappa shape index (κ3) is 3.02. The molecule has 0 aromatic heterocycles. The van der Waals surface area contributed by atoms with Gasteiger partial charge in [0.2, 0.25) is 0 Å². The Morgan fingerprint density at radius 1 is 1.38 bits per heavy atom. The van der Waals surface area contributed by atoms with Crippen LogP contribution in [0.5, 0.6) is 0 Å². The summed E-state index contributed by atoms with van der Waals surface area (Å²) in [5.74, 6) is 0.480. The molecule has 0 saturated carbocycles. The zero-order valence-electron chi connectivity index (χ0n) is 8.18. The molecule has 0 aliphatic rings. The van der Waals surface area contributed by atoms with Gasteiger partial charge in [0, 0.05) is 11.6 Å². The summed E-state index contributed by atoms with van der Waals surface area (Å²) < 4.78 is 0. The Morgan fingerprint density at radius 3 is 2.69 bits per heavy atom. The number of benzene rings is 1. The molecule has 0 amide bonds. The van der Waals surface area contributed by atoms with Crippen LogP contribution in [0.25, 0.3) is 0 Å². The molecule has 0 fully saturated rings. The molecule has 0 aliphatic carbocycles. The fourth-order valence-electron chi connectivity index (χ4n) is 1.35. The van der Waals surface area contributed by atoms with Gasteiger partial charge in [-0.2, -0.15) is 0 Å². The second-order valence-corrected chi connectivity index (χ2v) is 3.64. The highest BCUT2D eigenvalue weighted by Gasteiger charge is 2.07. The third-order valence-corrected chi connectivity index (χ3v) is 2.48. The highest BCUT2D eigenvalue weighted by molar-refractivity contribution is 6.31. The predicted molar refractivity (Wildman–Crippen MR) is 58.4 cm³/mol. The first-order chi connectivity index (χ1) is 6.25. The first-order valence-corrected chi connectivity index (χ1v) is 5.08. The topological polar surface area (TPSA) is 12.0 Å². The van der Waals surface area contributed by atoms with Gasteiger partial charge in [-0.1, -0.05) is 43.6 Å². The van der Waals surface area contributed by atoms with Crippen molar-refractivity contribution < 1.29 is 0 Å². The average Bonchev–Trinajstić information content (AvgIpc) is 2.15. The molecular formula is C11H16ClN. The molecule has 1 atom stereocenters. The number of hydrogen-bond acceptors (Lipinski definition) is 1. The van der Waals surface area contributed by atoms with Crippen molar-refractivity contribution in [2.75, 3.05) is 13.1 Å². The van der Waals surface area contributed by atoms with Gasteiger partial charge >= 0.3 is 0 Å². The molecule has 0 aliphatic heterocycles. The molecule has 0 heterocycles. The summed E-state index contributed by atoms with van der Waals surface area (Å²) in [4.78, 5) is 0. The SMILES string of the molecule is CCNCC(C)c1ccccc1Cl. The molecule has 2 heteroatoms. The van der Waals surface area contributed by atoms with Crippen LogP contribution in [-0.2, 0) is 0 Å². The smallest absolute Gasteiger partial charge is 0.0441 e. The van der Waals surface area contributed by atoms with Crippen LogP contribution < -0.4 is 5.32 Å². The molecule has 1 aromatic rings. The Bertz CT molecular complexity index is 260. The van der Waals surface area contributed by atoms with E-state index in [9.17, 15) is 0 Å². The van der Waals surface area contributed by atoms with Crippen molar-refractivity contribution in [3.05, 3.63) is 34.9 Å². The second-order valence-electron chi connectivity index (χ2n) is 3.23. The summed E-state index contributed by atoms with van der Waals surface area (Å²) >= 11 is 6.07. The lowest BCUT2D eigenvalue weighted by Gasteiger charge is -2.13. The van der Waals surface area contributed by atoms with Crippen LogP contribution in [0, 0.1) is 0 Å². The summed E-state index contributed by atoms with van der Waals surface area (Å²) in [6.45, 7) is 6.29. The maximum Gasteiger partial charge on any atom is 0.0441 e. The largest absolute Gasteiger partial charge is 0.316 e. The molecular weight excluding hydrogens is 182 g/mol. The minimum Gasteiger partial charge on any atom is -0.316 e. The molecule has 0 bridgehead atoms. The monoisotopic (exact) mass is 197 g/mol. The van der Waals surface area contributed by atoms with Crippen molar-refractivity contribution in [1.29, 1.82) is 0 Å². The van der Waals surface area contributed by atoms with Crippen molar-refractivity contribution in [3.8, 4) is 0 Å². The molecule has 72 valence electrons. The van der Waals surface area contributed by atoms with Crippen molar-refractivity contribution in [3.63, 3.8) is 0 Å². The number of likely N-dealkylation sites (N-methyl/N-ethyl adjacent to an activating group) is 1. The van der Waals surface area contributed by atoms with E-state index in [1.807, 2.05) is 18.2 Å². The van der Waals surface area contributed by atoms with E-state index in [-0.39, 0.29) is 0 Å². The van der Waals surface area contributed by atoms with Crippen LogP contribution in [0.1, 0.15) is 25.3 Å². The number of hydrogen-bond donors (Lipinski definition) is 1. The van der Waals surface area contributed by atoms with E-state index in [1.165, 1.54) is 5.56 Å². The summed E-state index contributed by atoms with van der Waals surface area (Å²) in [7, 11) is 0. The first-order valence-electron chi connectivity index (χ1n) is 4.70. The van der Waals surface area contributed by atoms with Crippen LogP contribution in [-0.4, -0.2) is 13.1 Å².